The number of hydrogen-bond donors (Lipinski definition) is 1. The summed E-state index contributed by atoms with van der Waals surface area (Å²) < 4.78 is 0. The van der Waals surface area contributed by atoms with E-state index in [-0.39, 0.29) is 0 Å². The minimum absolute atomic E-state index is 0.624. The maximum Gasteiger partial charge on any atom is 0.115 e. The molecule has 2 aliphatic carbocycles. The molecule has 0 radical (unpaired) electrons. The van der Waals surface area contributed by atoms with Crippen molar-refractivity contribution < 1.29 is 5.11 Å². The highest BCUT2D eigenvalue weighted by atomic mass is 16.3. The maximum atomic E-state index is 11.5. The second kappa shape index (κ2) is 4.99. The van der Waals surface area contributed by atoms with Crippen molar-refractivity contribution in [1.82, 2.24) is 0 Å². The van der Waals surface area contributed by atoms with Crippen LogP contribution in [-0.2, 0) is 5.60 Å². The summed E-state index contributed by atoms with van der Waals surface area (Å²) in [7, 11) is 0. The maximum absolute atomic E-state index is 11.5. The summed E-state index contributed by atoms with van der Waals surface area (Å²) in [6, 6.07) is 18.8. The van der Waals surface area contributed by atoms with Crippen LogP contribution in [0.4, 0.5) is 0 Å². The first kappa shape index (κ1) is 13.1. The topological polar surface area (TPSA) is 20.2 Å². The first-order valence-electron chi connectivity index (χ1n) is 8.16. The zero-order valence-corrected chi connectivity index (χ0v) is 12.3. The number of benzene rings is 2. The van der Waals surface area contributed by atoms with Gasteiger partial charge in [0.2, 0.25) is 0 Å². The number of aliphatic hydroxyl groups is 1. The van der Waals surface area contributed by atoms with Crippen LogP contribution in [0, 0.1) is 5.92 Å². The average Bonchev–Trinajstić information content (AvgIpc) is 2.56. The molecule has 2 aliphatic rings. The zero-order valence-electron chi connectivity index (χ0n) is 12.3. The van der Waals surface area contributed by atoms with Crippen LogP contribution in [-0.4, -0.2) is 5.11 Å². The molecule has 0 bridgehead atoms. The predicted octanol–water partition coefficient (Wildman–Crippen LogP) is 4.60. The molecule has 1 saturated carbocycles. The van der Waals surface area contributed by atoms with Crippen LogP contribution in [0.2, 0.25) is 0 Å². The van der Waals surface area contributed by atoms with Crippen LogP contribution in [0.15, 0.2) is 54.6 Å². The van der Waals surface area contributed by atoms with Crippen LogP contribution in [0.5, 0.6) is 0 Å². The molecule has 4 rings (SSSR count). The van der Waals surface area contributed by atoms with Crippen molar-refractivity contribution in [2.45, 2.75) is 43.6 Å². The van der Waals surface area contributed by atoms with Crippen LogP contribution in [0.3, 0.4) is 0 Å². The quantitative estimate of drug-likeness (QED) is 0.808. The lowest BCUT2D eigenvalue weighted by molar-refractivity contribution is 0.0259. The van der Waals surface area contributed by atoms with E-state index in [4.69, 9.17) is 0 Å². The van der Waals surface area contributed by atoms with Crippen LogP contribution in [0.1, 0.15) is 54.7 Å². The van der Waals surface area contributed by atoms with Crippen molar-refractivity contribution in [2.75, 3.05) is 0 Å². The second-order valence-electron chi connectivity index (χ2n) is 6.67. The van der Waals surface area contributed by atoms with E-state index >= 15 is 0 Å². The molecule has 0 aromatic heterocycles. The van der Waals surface area contributed by atoms with Gasteiger partial charge in [-0.15, -0.1) is 0 Å². The van der Waals surface area contributed by atoms with E-state index in [1.807, 2.05) is 18.2 Å². The SMILES string of the molecule is OC1(c2ccccc2)CC2CCCCC2c2ccccc21. The Hall–Kier alpha value is -1.60. The van der Waals surface area contributed by atoms with Crippen molar-refractivity contribution in [3.63, 3.8) is 0 Å². The molecule has 0 spiro atoms. The molecule has 2 aromatic carbocycles. The highest BCUT2D eigenvalue weighted by Crippen LogP contribution is 2.52. The molecule has 1 N–H and O–H groups in total. The molecule has 3 unspecified atom stereocenters. The summed E-state index contributed by atoms with van der Waals surface area (Å²) in [5.74, 6) is 1.28. The fraction of sp³-hybridized carbons (Fsp3) is 0.400. The fourth-order valence-corrected chi connectivity index (χ4v) is 4.54. The third kappa shape index (κ3) is 2.03. The molecule has 1 fully saturated rings. The normalized spacial score (nSPS) is 31.3. The van der Waals surface area contributed by atoms with Gasteiger partial charge in [-0.05, 0) is 47.8 Å². The van der Waals surface area contributed by atoms with E-state index in [1.165, 1.54) is 31.2 Å². The van der Waals surface area contributed by atoms with Gasteiger partial charge in [0.1, 0.15) is 5.60 Å². The van der Waals surface area contributed by atoms with E-state index in [1.54, 1.807) is 0 Å². The molecule has 108 valence electrons. The van der Waals surface area contributed by atoms with Crippen molar-refractivity contribution in [2.24, 2.45) is 5.92 Å². The van der Waals surface area contributed by atoms with Gasteiger partial charge in [-0.25, -0.2) is 0 Å². The summed E-state index contributed by atoms with van der Waals surface area (Å²) in [5.41, 5.74) is 2.76. The minimum Gasteiger partial charge on any atom is -0.380 e. The highest BCUT2D eigenvalue weighted by Gasteiger charge is 2.44. The third-order valence-electron chi connectivity index (χ3n) is 5.52. The number of rotatable bonds is 1. The zero-order chi connectivity index (χ0) is 14.3. The largest absolute Gasteiger partial charge is 0.380 e. The second-order valence-corrected chi connectivity index (χ2v) is 6.67. The molecule has 21 heavy (non-hydrogen) atoms. The smallest absolute Gasteiger partial charge is 0.115 e. The molecule has 2 aromatic rings. The number of hydrogen-bond acceptors (Lipinski definition) is 1. The summed E-state index contributed by atoms with van der Waals surface area (Å²) in [6.45, 7) is 0. The van der Waals surface area contributed by atoms with E-state index in [0.717, 1.165) is 17.5 Å². The standard InChI is InChI=1S/C20H22O/c21-20(16-9-2-1-3-10-16)14-15-8-4-5-11-17(15)18-12-6-7-13-19(18)20/h1-3,6-7,9-10,12-13,15,17,21H,4-5,8,11,14H2. The molecular weight excluding hydrogens is 256 g/mol. The van der Waals surface area contributed by atoms with Crippen molar-refractivity contribution in [1.29, 1.82) is 0 Å². The summed E-state index contributed by atoms with van der Waals surface area (Å²) in [6.07, 6.45) is 6.06. The molecule has 1 nitrogen and oxygen atoms in total. The Bertz CT molecular complexity index is 633. The first-order valence-corrected chi connectivity index (χ1v) is 8.16. The van der Waals surface area contributed by atoms with Gasteiger partial charge < -0.3 is 5.11 Å². The van der Waals surface area contributed by atoms with Gasteiger partial charge in [0.25, 0.3) is 0 Å². The van der Waals surface area contributed by atoms with Gasteiger partial charge in [0.15, 0.2) is 0 Å². The van der Waals surface area contributed by atoms with Gasteiger partial charge in [-0.3, -0.25) is 0 Å². The minimum atomic E-state index is -0.809. The fourth-order valence-electron chi connectivity index (χ4n) is 4.54. The number of fused-ring (bicyclic) bond motifs is 3. The molecule has 0 heterocycles. The van der Waals surface area contributed by atoms with E-state index < -0.39 is 5.60 Å². The summed E-state index contributed by atoms with van der Waals surface area (Å²) in [4.78, 5) is 0. The van der Waals surface area contributed by atoms with Crippen LogP contribution >= 0.6 is 0 Å². The Morgan fingerprint density at radius 1 is 0.857 bits per heavy atom. The Morgan fingerprint density at radius 2 is 1.57 bits per heavy atom. The van der Waals surface area contributed by atoms with Crippen molar-refractivity contribution >= 4 is 0 Å². The molecule has 0 saturated heterocycles. The molecule has 1 heteroatoms. The Kier molecular flexibility index (Phi) is 3.11. The van der Waals surface area contributed by atoms with Gasteiger partial charge in [-0.2, -0.15) is 0 Å². The lowest BCUT2D eigenvalue weighted by Crippen LogP contribution is -2.39. The van der Waals surface area contributed by atoms with Gasteiger partial charge in [-0.1, -0.05) is 67.4 Å². The van der Waals surface area contributed by atoms with Crippen LogP contribution < -0.4 is 0 Å². The van der Waals surface area contributed by atoms with E-state index in [0.29, 0.717) is 11.8 Å². The monoisotopic (exact) mass is 278 g/mol. The van der Waals surface area contributed by atoms with E-state index in [9.17, 15) is 5.11 Å². The predicted molar refractivity (Wildman–Crippen MR) is 85.2 cm³/mol. The lowest BCUT2D eigenvalue weighted by atomic mass is 9.61. The molecule has 0 aliphatic heterocycles. The molecule has 0 amide bonds. The highest BCUT2D eigenvalue weighted by molar-refractivity contribution is 5.45. The first-order chi connectivity index (χ1) is 10.3. The third-order valence-corrected chi connectivity index (χ3v) is 5.52. The Balaban J connectivity index is 1.88. The van der Waals surface area contributed by atoms with Crippen LogP contribution in [0.25, 0.3) is 0 Å². The van der Waals surface area contributed by atoms with Gasteiger partial charge in [0, 0.05) is 0 Å². The van der Waals surface area contributed by atoms with Gasteiger partial charge in [0.05, 0.1) is 0 Å². The molecule has 3 atom stereocenters. The summed E-state index contributed by atoms with van der Waals surface area (Å²) >= 11 is 0. The Morgan fingerprint density at radius 3 is 2.43 bits per heavy atom. The van der Waals surface area contributed by atoms with Gasteiger partial charge >= 0.3 is 0 Å². The Labute approximate surface area is 126 Å². The molecular formula is C20H22O. The van der Waals surface area contributed by atoms with E-state index in [2.05, 4.69) is 36.4 Å². The summed E-state index contributed by atoms with van der Waals surface area (Å²) in [5, 5.41) is 11.5. The lowest BCUT2D eigenvalue weighted by Gasteiger charge is -2.45. The average molecular weight is 278 g/mol. The van der Waals surface area contributed by atoms with Crippen molar-refractivity contribution in [3.05, 3.63) is 71.3 Å². The van der Waals surface area contributed by atoms with Crippen molar-refractivity contribution in [3.8, 4) is 0 Å².